The second-order valence-corrected chi connectivity index (χ2v) is 7.33. The number of hydrogen-bond donors (Lipinski definition) is 0. The van der Waals surface area contributed by atoms with Gasteiger partial charge in [-0.15, -0.1) is 0 Å². The van der Waals surface area contributed by atoms with E-state index in [0.29, 0.717) is 5.56 Å². The number of nitrogens with zero attached hydrogens (tertiary/aromatic N) is 2. The molecule has 3 heteroatoms. The van der Waals surface area contributed by atoms with E-state index in [0.717, 1.165) is 44.3 Å². The molecule has 138 valence electrons. The van der Waals surface area contributed by atoms with Crippen molar-refractivity contribution in [2.75, 3.05) is 0 Å². The van der Waals surface area contributed by atoms with Gasteiger partial charge in [0.05, 0.1) is 17.2 Å². The van der Waals surface area contributed by atoms with E-state index in [9.17, 15) is 0 Å². The lowest BCUT2D eigenvalue weighted by molar-refractivity contribution is -0.660. The third kappa shape index (κ3) is 2.78. The minimum Gasteiger partial charge on any atom is -0.455 e. The van der Waals surface area contributed by atoms with E-state index in [4.69, 9.17) is 9.68 Å². The smallest absolute Gasteiger partial charge is 0.216 e. The minimum atomic E-state index is 0.661. The van der Waals surface area contributed by atoms with Gasteiger partial charge in [0, 0.05) is 22.9 Å². The number of nitriles is 1. The maximum Gasteiger partial charge on any atom is 0.216 e. The summed E-state index contributed by atoms with van der Waals surface area (Å²) in [6.45, 7) is 2.12. The zero-order chi connectivity index (χ0) is 20.0. The summed E-state index contributed by atoms with van der Waals surface area (Å²) >= 11 is 0. The van der Waals surface area contributed by atoms with E-state index in [1.807, 2.05) is 30.3 Å². The topological polar surface area (TPSA) is 40.8 Å². The Labute approximate surface area is 169 Å². The lowest BCUT2D eigenvalue weighted by Crippen LogP contribution is -2.30. The summed E-state index contributed by atoms with van der Waals surface area (Å²) < 4.78 is 8.54. The van der Waals surface area contributed by atoms with Gasteiger partial charge >= 0.3 is 0 Å². The van der Waals surface area contributed by atoms with Gasteiger partial charge in [0.1, 0.15) is 18.2 Å². The Bertz CT molecular complexity index is 1420. The lowest BCUT2D eigenvalue weighted by atomic mass is 9.99. The third-order valence-electron chi connectivity index (χ3n) is 5.51. The maximum absolute atomic E-state index is 9.02. The molecule has 3 nitrogen and oxygen atoms in total. The molecule has 0 N–H and O–H groups in total. The number of aromatic nitrogens is 1. The van der Waals surface area contributed by atoms with Crippen LogP contribution in [0.25, 0.3) is 44.3 Å². The minimum absolute atomic E-state index is 0.661. The van der Waals surface area contributed by atoms with Crippen LogP contribution < -0.4 is 4.57 Å². The normalized spacial score (nSPS) is 11.1. The monoisotopic (exact) mass is 375 g/mol. The van der Waals surface area contributed by atoms with Gasteiger partial charge in [0.15, 0.2) is 6.20 Å². The van der Waals surface area contributed by atoms with Crippen LogP contribution in [0.4, 0.5) is 0 Å². The second kappa shape index (κ2) is 6.61. The number of rotatable bonds is 2. The van der Waals surface area contributed by atoms with Crippen molar-refractivity contribution >= 4 is 21.9 Å². The molecular formula is C26H19N2O+. The zero-order valence-corrected chi connectivity index (χ0v) is 16.3. The lowest BCUT2D eigenvalue weighted by Gasteiger charge is -2.04. The van der Waals surface area contributed by atoms with E-state index >= 15 is 0 Å². The van der Waals surface area contributed by atoms with Crippen LogP contribution in [0.3, 0.4) is 0 Å². The van der Waals surface area contributed by atoms with E-state index < -0.39 is 0 Å². The highest BCUT2D eigenvalue weighted by molar-refractivity contribution is 6.10. The first-order valence-corrected chi connectivity index (χ1v) is 9.57. The first kappa shape index (κ1) is 17.2. The van der Waals surface area contributed by atoms with Crippen LogP contribution in [0.2, 0.25) is 0 Å². The van der Waals surface area contributed by atoms with Crippen LogP contribution in [0.1, 0.15) is 11.1 Å². The summed E-state index contributed by atoms with van der Waals surface area (Å²) in [6.07, 6.45) is 2.05. The van der Waals surface area contributed by atoms with Gasteiger partial charge in [0.2, 0.25) is 5.69 Å². The number of aryl methyl sites for hydroxylation is 2. The zero-order valence-electron chi connectivity index (χ0n) is 16.3. The van der Waals surface area contributed by atoms with Gasteiger partial charge in [-0.3, -0.25) is 0 Å². The van der Waals surface area contributed by atoms with Crippen LogP contribution >= 0.6 is 0 Å². The van der Waals surface area contributed by atoms with Crippen molar-refractivity contribution in [3.05, 3.63) is 90.1 Å². The fourth-order valence-electron chi connectivity index (χ4n) is 3.96. The summed E-state index contributed by atoms with van der Waals surface area (Å²) in [5, 5.41) is 11.2. The highest BCUT2D eigenvalue weighted by Crippen LogP contribution is 2.38. The van der Waals surface area contributed by atoms with Gasteiger partial charge in [-0.1, -0.05) is 30.3 Å². The van der Waals surface area contributed by atoms with Crippen molar-refractivity contribution in [3.63, 3.8) is 0 Å². The molecule has 0 saturated heterocycles. The standard InChI is InChI=1S/C26H19N2O/c1-17-6-12-22-21-13-11-20(19-9-7-18(16-27)8-10-19)15-24(21)29-26(22)25(17)23-5-3-4-14-28(23)2/h3-15H,1-2H3/q+1. The number of pyridine rings is 1. The van der Waals surface area contributed by atoms with Gasteiger partial charge in [-0.25, -0.2) is 4.57 Å². The molecule has 0 bridgehead atoms. The fraction of sp³-hybridized carbons (Fsp3) is 0.0769. The van der Waals surface area contributed by atoms with Crippen molar-refractivity contribution in [1.29, 1.82) is 5.26 Å². The molecule has 0 radical (unpaired) electrons. The Balaban J connectivity index is 1.74. The molecule has 0 aliphatic heterocycles. The van der Waals surface area contributed by atoms with E-state index in [-0.39, 0.29) is 0 Å². The average Bonchev–Trinajstić information content (AvgIpc) is 3.12. The summed E-state index contributed by atoms with van der Waals surface area (Å²) in [6, 6.07) is 26.6. The highest BCUT2D eigenvalue weighted by Gasteiger charge is 2.20. The highest BCUT2D eigenvalue weighted by atomic mass is 16.3. The molecule has 0 unspecified atom stereocenters. The molecular weight excluding hydrogens is 356 g/mol. The molecule has 2 heterocycles. The summed E-state index contributed by atoms with van der Waals surface area (Å²) in [4.78, 5) is 0. The fourth-order valence-corrected chi connectivity index (χ4v) is 3.96. The Hall–Kier alpha value is -3.90. The molecule has 0 aliphatic carbocycles. The summed E-state index contributed by atoms with van der Waals surface area (Å²) in [5.41, 5.74) is 8.02. The van der Waals surface area contributed by atoms with Crippen molar-refractivity contribution < 1.29 is 8.98 Å². The molecule has 0 fully saturated rings. The Morgan fingerprint density at radius 1 is 0.862 bits per heavy atom. The third-order valence-corrected chi connectivity index (χ3v) is 5.51. The number of fused-ring (bicyclic) bond motifs is 3. The molecule has 5 rings (SSSR count). The molecule has 0 atom stereocenters. The van der Waals surface area contributed by atoms with E-state index in [1.165, 1.54) is 5.56 Å². The predicted molar refractivity (Wildman–Crippen MR) is 115 cm³/mol. The van der Waals surface area contributed by atoms with E-state index in [2.05, 4.69) is 73.3 Å². The Kier molecular flexibility index (Phi) is 3.93. The quantitative estimate of drug-likeness (QED) is 0.359. The van der Waals surface area contributed by atoms with Gasteiger partial charge < -0.3 is 4.42 Å². The van der Waals surface area contributed by atoms with Crippen LogP contribution in [0.5, 0.6) is 0 Å². The van der Waals surface area contributed by atoms with Gasteiger partial charge in [-0.05, 0) is 53.9 Å². The predicted octanol–water partition coefficient (Wildman–Crippen LogP) is 5.92. The van der Waals surface area contributed by atoms with Crippen LogP contribution in [-0.4, -0.2) is 0 Å². The largest absolute Gasteiger partial charge is 0.455 e. The SMILES string of the molecule is Cc1ccc2c(oc3cc(-c4ccc(C#N)cc4)ccc32)c1-c1cccc[n+]1C. The Morgan fingerprint density at radius 2 is 1.62 bits per heavy atom. The first-order valence-electron chi connectivity index (χ1n) is 9.57. The molecule has 29 heavy (non-hydrogen) atoms. The molecule has 0 amide bonds. The molecule has 0 aliphatic rings. The van der Waals surface area contributed by atoms with Crippen molar-refractivity contribution in [1.82, 2.24) is 0 Å². The molecule has 0 saturated carbocycles. The average molecular weight is 375 g/mol. The molecule has 2 aromatic heterocycles. The van der Waals surface area contributed by atoms with Crippen LogP contribution in [-0.2, 0) is 7.05 Å². The number of hydrogen-bond acceptors (Lipinski definition) is 2. The Morgan fingerprint density at radius 3 is 2.38 bits per heavy atom. The second-order valence-electron chi connectivity index (χ2n) is 7.33. The number of benzene rings is 3. The van der Waals surface area contributed by atoms with Crippen molar-refractivity contribution in [3.8, 4) is 28.5 Å². The van der Waals surface area contributed by atoms with Gasteiger partial charge in [0.25, 0.3) is 0 Å². The van der Waals surface area contributed by atoms with Crippen LogP contribution in [0, 0.1) is 18.3 Å². The van der Waals surface area contributed by atoms with Crippen molar-refractivity contribution in [2.24, 2.45) is 7.05 Å². The maximum atomic E-state index is 9.02. The molecule has 5 aromatic rings. The van der Waals surface area contributed by atoms with Crippen LogP contribution in [0.15, 0.2) is 83.4 Å². The number of furan rings is 1. The van der Waals surface area contributed by atoms with E-state index in [1.54, 1.807) is 0 Å². The van der Waals surface area contributed by atoms with Crippen molar-refractivity contribution in [2.45, 2.75) is 6.92 Å². The summed E-state index contributed by atoms with van der Waals surface area (Å²) in [5.74, 6) is 0. The molecule has 0 spiro atoms. The molecule has 3 aromatic carbocycles. The summed E-state index contributed by atoms with van der Waals surface area (Å²) in [7, 11) is 2.05. The van der Waals surface area contributed by atoms with Gasteiger partial charge in [-0.2, -0.15) is 5.26 Å². The first-order chi connectivity index (χ1) is 14.2.